The normalized spacial score (nSPS) is 10.6. The van der Waals surface area contributed by atoms with Crippen LogP contribution < -0.4 is 5.56 Å². The number of carbonyl (C=O) groups is 1. The zero-order valence-electron chi connectivity index (χ0n) is 9.36. The Bertz CT molecular complexity index is 681. The van der Waals surface area contributed by atoms with E-state index in [1.807, 2.05) is 0 Å². The lowest BCUT2D eigenvalue weighted by molar-refractivity contribution is 0.0521. The summed E-state index contributed by atoms with van der Waals surface area (Å²) in [4.78, 5) is 29.6. The molecule has 2 aromatic rings. The first kappa shape index (κ1) is 12.6. The van der Waals surface area contributed by atoms with Crippen LogP contribution in [0.4, 0.5) is 0 Å². The van der Waals surface area contributed by atoms with Gasteiger partial charge in [0, 0.05) is 10.7 Å². The van der Waals surface area contributed by atoms with Crippen LogP contribution in [0.15, 0.2) is 21.5 Å². The van der Waals surface area contributed by atoms with Gasteiger partial charge in [-0.05, 0) is 28.9 Å². The predicted octanol–water partition coefficient (Wildman–Crippen LogP) is 1.57. The molecular formula is C11H9BrN2O4. The molecule has 6 nitrogen and oxygen atoms in total. The summed E-state index contributed by atoms with van der Waals surface area (Å²) in [6, 6.07) is 1.55. The minimum atomic E-state index is -0.863. The number of aromatic nitrogens is 2. The van der Waals surface area contributed by atoms with E-state index in [1.54, 1.807) is 13.0 Å². The van der Waals surface area contributed by atoms with Gasteiger partial charge >= 0.3 is 5.97 Å². The van der Waals surface area contributed by atoms with Crippen molar-refractivity contribution in [3.63, 3.8) is 0 Å². The van der Waals surface area contributed by atoms with Crippen LogP contribution in [-0.4, -0.2) is 27.7 Å². The first-order valence-corrected chi connectivity index (χ1v) is 5.91. The van der Waals surface area contributed by atoms with E-state index in [0.717, 1.165) is 0 Å². The number of aromatic hydroxyl groups is 1. The Morgan fingerprint density at radius 2 is 2.33 bits per heavy atom. The molecule has 0 saturated heterocycles. The van der Waals surface area contributed by atoms with Crippen molar-refractivity contribution in [3.05, 3.63) is 32.7 Å². The molecule has 0 aromatic carbocycles. The van der Waals surface area contributed by atoms with E-state index in [9.17, 15) is 14.7 Å². The Hall–Kier alpha value is -1.89. The Kier molecular flexibility index (Phi) is 3.33. The van der Waals surface area contributed by atoms with Crippen molar-refractivity contribution in [1.29, 1.82) is 0 Å². The van der Waals surface area contributed by atoms with E-state index in [1.165, 1.54) is 6.20 Å². The highest BCUT2D eigenvalue weighted by molar-refractivity contribution is 9.10. The summed E-state index contributed by atoms with van der Waals surface area (Å²) in [6.45, 7) is 1.73. The summed E-state index contributed by atoms with van der Waals surface area (Å²) in [5, 5.41) is 10.2. The second-order valence-corrected chi connectivity index (χ2v) is 4.36. The number of esters is 1. The van der Waals surface area contributed by atoms with Crippen LogP contribution in [0.1, 0.15) is 17.3 Å². The average molecular weight is 313 g/mol. The predicted molar refractivity (Wildman–Crippen MR) is 67.7 cm³/mol. The van der Waals surface area contributed by atoms with E-state index in [-0.39, 0.29) is 17.6 Å². The Labute approximate surface area is 110 Å². The van der Waals surface area contributed by atoms with Gasteiger partial charge in [-0.1, -0.05) is 0 Å². The Morgan fingerprint density at radius 1 is 1.61 bits per heavy atom. The molecular weight excluding hydrogens is 304 g/mol. The van der Waals surface area contributed by atoms with Crippen molar-refractivity contribution in [3.8, 4) is 5.75 Å². The first-order chi connectivity index (χ1) is 8.54. The number of nitrogens with one attached hydrogen (secondary N) is 1. The van der Waals surface area contributed by atoms with Crippen molar-refractivity contribution in [1.82, 2.24) is 9.97 Å². The van der Waals surface area contributed by atoms with Crippen LogP contribution >= 0.6 is 15.9 Å². The van der Waals surface area contributed by atoms with Crippen molar-refractivity contribution >= 4 is 32.9 Å². The largest absolute Gasteiger partial charge is 0.506 e. The fraction of sp³-hybridized carbons (Fsp3) is 0.182. The highest BCUT2D eigenvalue weighted by atomic mass is 79.9. The molecule has 0 bridgehead atoms. The summed E-state index contributed by atoms with van der Waals surface area (Å²) in [5.74, 6) is -1.29. The number of hydrogen-bond donors (Lipinski definition) is 2. The summed E-state index contributed by atoms with van der Waals surface area (Å²) in [6.07, 6.45) is 1.47. The molecule has 2 N–H and O–H groups in total. The number of aromatic amines is 1. The molecule has 94 valence electrons. The molecule has 7 heteroatoms. The quantitative estimate of drug-likeness (QED) is 0.821. The summed E-state index contributed by atoms with van der Waals surface area (Å²) >= 11 is 3.20. The second kappa shape index (κ2) is 4.77. The lowest BCUT2D eigenvalue weighted by Crippen LogP contribution is -2.20. The standard InChI is InChI=1S/C11H9BrN2O4/c1-2-18-11(17)7-8(15)6-3-5(12)4-13-9(6)14-10(7)16/h3-4H,2H2,1H3,(H2,13,14,15,16). The second-order valence-electron chi connectivity index (χ2n) is 3.45. The highest BCUT2D eigenvalue weighted by Crippen LogP contribution is 2.26. The Morgan fingerprint density at radius 3 is 3.00 bits per heavy atom. The molecule has 0 fully saturated rings. The minimum Gasteiger partial charge on any atom is -0.506 e. The highest BCUT2D eigenvalue weighted by Gasteiger charge is 2.20. The summed E-state index contributed by atoms with van der Waals surface area (Å²) in [7, 11) is 0. The van der Waals surface area contributed by atoms with Gasteiger partial charge in [-0.3, -0.25) is 4.79 Å². The van der Waals surface area contributed by atoms with Gasteiger partial charge in [-0.15, -0.1) is 0 Å². The molecule has 0 aliphatic heterocycles. The van der Waals surface area contributed by atoms with Gasteiger partial charge in [0.05, 0.1) is 12.0 Å². The van der Waals surface area contributed by atoms with Crippen molar-refractivity contribution < 1.29 is 14.6 Å². The number of hydrogen-bond acceptors (Lipinski definition) is 5. The zero-order chi connectivity index (χ0) is 13.3. The van der Waals surface area contributed by atoms with Gasteiger partial charge in [0.25, 0.3) is 5.56 Å². The third-order valence-electron chi connectivity index (χ3n) is 2.28. The zero-order valence-corrected chi connectivity index (χ0v) is 10.9. The monoisotopic (exact) mass is 312 g/mol. The third-order valence-corrected chi connectivity index (χ3v) is 2.72. The number of pyridine rings is 2. The van der Waals surface area contributed by atoms with Gasteiger partial charge in [0.15, 0.2) is 5.56 Å². The van der Waals surface area contributed by atoms with Gasteiger partial charge in [-0.2, -0.15) is 0 Å². The molecule has 0 unspecified atom stereocenters. The third kappa shape index (κ3) is 2.08. The van der Waals surface area contributed by atoms with E-state index >= 15 is 0 Å². The number of rotatable bonds is 2. The number of carbonyl (C=O) groups excluding carboxylic acids is 1. The first-order valence-electron chi connectivity index (χ1n) is 5.12. The SMILES string of the molecule is CCOC(=O)c1c(O)c2cc(Br)cnc2[nH]c1=O. The molecule has 0 spiro atoms. The van der Waals surface area contributed by atoms with Crippen LogP contribution in [0.25, 0.3) is 11.0 Å². The Balaban J connectivity index is 2.75. The number of halogens is 1. The van der Waals surface area contributed by atoms with E-state index in [0.29, 0.717) is 4.47 Å². The summed E-state index contributed by atoms with van der Waals surface area (Å²) < 4.78 is 5.34. The van der Waals surface area contributed by atoms with Gasteiger partial charge < -0.3 is 14.8 Å². The maximum absolute atomic E-state index is 11.7. The van der Waals surface area contributed by atoms with E-state index in [4.69, 9.17) is 4.74 Å². The molecule has 0 saturated carbocycles. The van der Waals surface area contributed by atoms with Gasteiger partial charge in [0.1, 0.15) is 11.4 Å². The molecule has 0 aliphatic carbocycles. The molecule has 18 heavy (non-hydrogen) atoms. The van der Waals surface area contributed by atoms with Crippen molar-refractivity contribution in [2.75, 3.05) is 6.61 Å². The number of ether oxygens (including phenoxy) is 1. The van der Waals surface area contributed by atoms with Gasteiger partial charge in [-0.25, -0.2) is 9.78 Å². The average Bonchev–Trinajstić information content (AvgIpc) is 2.31. The van der Waals surface area contributed by atoms with Crippen molar-refractivity contribution in [2.24, 2.45) is 0 Å². The molecule has 0 radical (unpaired) electrons. The fourth-order valence-corrected chi connectivity index (χ4v) is 1.86. The molecule has 2 aromatic heterocycles. The van der Waals surface area contributed by atoms with Crippen LogP contribution in [-0.2, 0) is 4.74 Å². The number of H-pyrrole nitrogens is 1. The van der Waals surface area contributed by atoms with Crippen LogP contribution in [0.2, 0.25) is 0 Å². The maximum atomic E-state index is 11.7. The van der Waals surface area contributed by atoms with Crippen molar-refractivity contribution in [2.45, 2.75) is 6.92 Å². The molecule has 0 amide bonds. The smallest absolute Gasteiger partial charge is 0.347 e. The lowest BCUT2D eigenvalue weighted by Gasteiger charge is -2.06. The topological polar surface area (TPSA) is 92.3 Å². The lowest BCUT2D eigenvalue weighted by atomic mass is 10.2. The maximum Gasteiger partial charge on any atom is 0.347 e. The van der Waals surface area contributed by atoms with E-state index < -0.39 is 22.8 Å². The van der Waals surface area contributed by atoms with Gasteiger partial charge in [0.2, 0.25) is 0 Å². The van der Waals surface area contributed by atoms with Crippen LogP contribution in [0.5, 0.6) is 5.75 Å². The fourth-order valence-electron chi connectivity index (χ4n) is 1.52. The molecule has 0 aliphatic rings. The summed E-state index contributed by atoms with van der Waals surface area (Å²) in [5.41, 5.74) is -0.939. The molecule has 2 rings (SSSR count). The van der Waals surface area contributed by atoms with E-state index in [2.05, 4.69) is 25.9 Å². The van der Waals surface area contributed by atoms with Crippen LogP contribution in [0, 0.1) is 0 Å². The molecule has 0 atom stereocenters. The number of fused-ring (bicyclic) bond motifs is 1. The minimum absolute atomic E-state index is 0.118. The molecule has 2 heterocycles. The van der Waals surface area contributed by atoms with Crippen LogP contribution in [0.3, 0.4) is 0 Å². The number of nitrogens with zero attached hydrogens (tertiary/aromatic N) is 1.